The molecule has 1 aromatic heterocycles. The topological polar surface area (TPSA) is 133 Å². The number of para-hydroxylation sites is 2. The lowest BCUT2D eigenvalue weighted by atomic mass is 10.1. The Morgan fingerprint density at radius 3 is 2.36 bits per heavy atom. The third-order valence-electron chi connectivity index (χ3n) is 7.62. The van der Waals surface area contributed by atoms with Crippen LogP contribution >= 0.6 is 0 Å². The number of hydrazone groups is 1. The first kappa shape index (κ1) is 30.7. The molecular formula is C36H31N7O4. The Morgan fingerprint density at radius 1 is 0.872 bits per heavy atom. The van der Waals surface area contributed by atoms with E-state index in [1.807, 2.05) is 61.7 Å². The number of anilines is 2. The SMILES string of the molecule is COc1ccc(/C(N=NC(=O)c2ccc(N3C(=O)/C(=C\c4c[nH]c5ccccc45)N=C3C)cc2)=N\Nc2ccccc2C)cc1OC. The third-order valence-corrected chi connectivity index (χ3v) is 7.62. The van der Waals surface area contributed by atoms with Crippen molar-refractivity contribution in [3.8, 4) is 11.5 Å². The lowest BCUT2D eigenvalue weighted by Crippen LogP contribution is -2.30. The van der Waals surface area contributed by atoms with Crippen LogP contribution in [-0.4, -0.2) is 42.7 Å². The summed E-state index contributed by atoms with van der Waals surface area (Å²) in [7, 11) is 3.08. The van der Waals surface area contributed by atoms with E-state index in [0.717, 1.165) is 27.7 Å². The molecule has 0 aliphatic carbocycles. The van der Waals surface area contributed by atoms with E-state index in [1.165, 1.54) is 12.0 Å². The summed E-state index contributed by atoms with van der Waals surface area (Å²) in [6.07, 6.45) is 3.63. The van der Waals surface area contributed by atoms with Gasteiger partial charge in [0.15, 0.2) is 11.5 Å². The number of aryl methyl sites for hydroxylation is 1. The van der Waals surface area contributed by atoms with Crippen molar-refractivity contribution >= 4 is 51.8 Å². The first-order valence-electron chi connectivity index (χ1n) is 14.7. The highest BCUT2D eigenvalue weighted by atomic mass is 16.5. The molecule has 11 heteroatoms. The number of methoxy groups -OCH3 is 2. The molecule has 0 atom stereocenters. The van der Waals surface area contributed by atoms with E-state index < -0.39 is 5.91 Å². The fourth-order valence-corrected chi connectivity index (χ4v) is 5.13. The van der Waals surface area contributed by atoms with Gasteiger partial charge >= 0.3 is 0 Å². The number of hydrogen-bond donors (Lipinski definition) is 2. The van der Waals surface area contributed by atoms with E-state index in [9.17, 15) is 9.59 Å². The molecule has 2 N–H and O–H groups in total. The summed E-state index contributed by atoms with van der Waals surface area (Å²) in [4.78, 5) is 35.7. The van der Waals surface area contributed by atoms with E-state index in [2.05, 4.69) is 30.7 Å². The molecular weight excluding hydrogens is 594 g/mol. The van der Waals surface area contributed by atoms with E-state index >= 15 is 0 Å². The fourth-order valence-electron chi connectivity index (χ4n) is 5.13. The summed E-state index contributed by atoms with van der Waals surface area (Å²) in [5.74, 6) is 0.843. The van der Waals surface area contributed by atoms with Gasteiger partial charge in [0, 0.05) is 33.8 Å². The van der Waals surface area contributed by atoms with Gasteiger partial charge in [0.05, 0.1) is 25.6 Å². The first-order valence-corrected chi connectivity index (χ1v) is 14.7. The molecule has 6 rings (SSSR count). The molecule has 11 nitrogen and oxygen atoms in total. The van der Waals surface area contributed by atoms with Crippen LogP contribution in [0.1, 0.15) is 34.0 Å². The molecule has 234 valence electrons. The number of nitrogens with one attached hydrogen (secondary N) is 2. The lowest BCUT2D eigenvalue weighted by molar-refractivity contribution is -0.113. The zero-order valence-corrected chi connectivity index (χ0v) is 26.2. The number of amides is 2. The molecule has 0 saturated carbocycles. The molecule has 4 aromatic carbocycles. The standard InChI is InChI=1S/C36H31N7O4/c1-22-9-5-7-11-29(22)39-40-34(25-15-18-32(46-3)33(20-25)47-4)41-42-35(44)24-13-16-27(17-14-24)43-23(2)38-31(36(43)45)19-26-21-37-30-12-8-6-10-28(26)30/h5-21,37,39H,1-4H3/b31-19+,40-34+,42-41?. The highest BCUT2D eigenvalue weighted by Gasteiger charge is 2.29. The highest BCUT2D eigenvalue weighted by molar-refractivity contribution is 6.28. The molecule has 5 aromatic rings. The number of H-pyrrole nitrogens is 1. The van der Waals surface area contributed by atoms with Crippen LogP contribution in [0.4, 0.5) is 11.4 Å². The number of amidine groups is 2. The predicted molar refractivity (Wildman–Crippen MR) is 183 cm³/mol. The zero-order valence-electron chi connectivity index (χ0n) is 26.2. The number of aliphatic imine (C=N–C) groups is 1. The normalized spacial score (nSPS) is 14.3. The molecule has 47 heavy (non-hydrogen) atoms. The van der Waals surface area contributed by atoms with Gasteiger partial charge in [-0.15, -0.1) is 10.2 Å². The maximum absolute atomic E-state index is 13.4. The number of aromatic nitrogens is 1. The second-order valence-electron chi connectivity index (χ2n) is 10.6. The number of carbonyl (C=O) groups is 2. The minimum absolute atomic E-state index is 0.156. The Morgan fingerprint density at radius 2 is 1.60 bits per heavy atom. The Hall–Kier alpha value is -6.36. The molecule has 0 unspecified atom stereocenters. The van der Waals surface area contributed by atoms with Crippen molar-refractivity contribution in [2.75, 3.05) is 24.5 Å². The maximum atomic E-state index is 13.4. The average molecular weight is 626 g/mol. The number of fused-ring (bicyclic) bond motifs is 1. The molecule has 2 amide bonds. The third kappa shape index (κ3) is 6.40. The van der Waals surface area contributed by atoms with Crippen LogP contribution in [0.15, 0.2) is 123 Å². The first-order chi connectivity index (χ1) is 22.9. The summed E-state index contributed by atoms with van der Waals surface area (Å²) in [6, 6.07) is 27.2. The van der Waals surface area contributed by atoms with Crippen LogP contribution in [0.2, 0.25) is 0 Å². The molecule has 1 aliphatic rings. The van der Waals surface area contributed by atoms with E-state index in [1.54, 1.807) is 62.6 Å². The van der Waals surface area contributed by atoms with Gasteiger partial charge in [-0.1, -0.05) is 36.4 Å². The number of ether oxygens (including phenoxy) is 2. The van der Waals surface area contributed by atoms with Crippen LogP contribution in [-0.2, 0) is 4.79 Å². The summed E-state index contributed by atoms with van der Waals surface area (Å²) in [5.41, 5.74) is 8.34. The second kappa shape index (κ2) is 13.3. The summed E-state index contributed by atoms with van der Waals surface area (Å²) in [6.45, 7) is 3.72. The van der Waals surface area contributed by atoms with Gasteiger partial charge < -0.3 is 14.5 Å². The predicted octanol–water partition coefficient (Wildman–Crippen LogP) is 7.37. The smallest absolute Gasteiger partial charge is 0.295 e. The van der Waals surface area contributed by atoms with Crippen molar-refractivity contribution < 1.29 is 19.1 Å². The number of aromatic amines is 1. The lowest BCUT2D eigenvalue weighted by Gasteiger charge is -2.16. The molecule has 0 saturated heterocycles. The number of carbonyl (C=O) groups excluding carboxylic acids is 2. The van der Waals surface area contributed by atoms with Gasteiger partial charge in [-0.05, 0) is 80.1 Å². The second-order valence-corrected chi connectivity index (χ2v) is 10.6. The van der Waals surface area contributed by atoms with Crippen LogP contribution < -0.4 is 19.8 Å². The molecule has 0 spiro atoms. The molecule has 0 radical (unpaired) electrons. The van der Waals surface area contributed by atoms with Crippen LogP contribution in [0.25, 0.3) is 17.0 Å². The van der Waals surface area contributed by atoms with Gasteiger partial charge in [-0.25, -0.2) is 4.99 Å². The van der Waals surface area contributed by atoms with Gasteiger partial charge in [-0.2, -0.15) is 5.10 Å². The molecule has 0 fully saturated rings. The van der Waals surface area contributed by atoms with Crippen molar-refractivity contribution in [2.45, 2.75) is 13.8 Å². The maximum Gasteiger partial charge on any atom is 0.295 e. The summed E-state index contributed by atoms with van der Waals surface area (Å²) in [5, 5.41) is 13.6. The quantitative estimate of drug-likeness (QED) is 0.0611. The van der Waals surface area contributed by atoms with E-state index in [-0.39, 0.29) is 17.3 Å². The van der Waals surface area contributed by atoms with Gasteiger partial charge in [0.1, 0.15) is 11.5 Å². The Labute approximate surface area is 271 Å². The minimum atomic E-state index is -0.585. The van der Waals surface area contributed by atoms with Crippen LogP contribution in [0.5, 0.6) is 11.5 Å². The number of azo groups is 1. The minimum Gasteiger partial charge on any atom is -0.493 e. The van der Waals surface area contributed by atoms with Crippen molar-refractivity contribution in [3.05, 3.63) is 125 Å². The van der Waals surface area contributed by atoms with Gasteiger partial charge in [-0.3, -0.25) is 19.9 Å². The molecule has 0 bridgehead atoms. The monoisotopic (exact) mass is 625 g/mol. The number of rotatable bonds is 8. The molecule has 1 aliphatic heterocycles. The number of benzene rings is 4. The van der Waals surface area contributed by atoms with E-state index in [0.29, 0.717) is 34.3 Å². The number of hydrogen-bond acceptors (Lipinski definition) is 7. The Bertz CT molecular complexity index is 2110. The summed E-state index contributed by atoms with van der Waals surface area (Å²) >= 11 is 0. The molecule has 2 heterocycles. The van der Waals surface area contributed by atoms with E-state index in [4.69, 9.17) is 9.47 Å². The zero-order chi connectivity index (χ0) is 32.9. The fraction of sp³-hybridized carbons (Fsp3) is 0.111. The largest absolute Gasteiger partial charge is 0.493 e. The van der Waals surface area contributed by atoms with Crippen molar-refractivity contribution in [3.63, 3.8) is 0 Å². The van der Waals surface area contributed by atoms with Gasteiger partial charge in [0.25, 0.3) is 11.8 Å². The Kier molecular flexibility index (Phi) is 8.69. The van der Waals surface area contributed by atoms with Crippen molar-refractivity contribution in [1.29, 1.82) is 0 Å². The van der Waals surface area contributed by atoms with Crippen LogP contribution in [0, 0.1) is 6.92 Å². The average Bonchev–Trinajstić information content (AvgIpc) is 3.63. The number of nitrogens with zero attached hydrogens (tertiary/aromatic N) is 5. The van der Waals surface area contributed by atoms with Crippen molar-refractivity contribution in [1.82, 2.24) is 4.98 Å². The summed E-state index contributed by atoms with van der Waals surface area (Å²) < 4.78 is 10.8. The Balaban J connectivity index is 1.22. The van der Waals surface area contributed by atoms with Crippen molar-refractivity contribution in [2.24, 2.45) is 20.3 Å². The highest BCUT2D eigenvalue weighted by Crippen LogP contribution is 2.29. The van der Waals surface area contributed by atoms with Gasteiger partial charge in [0.2, 0.25) is 5.84 Å². The van der Waals surface area contributed by atoms with Crippen LogP contribution in [0.3, 0.4) is 0 Å².